The summed E-state index contributed by atoms with van der Waals surface area (Å²) in [5, 5.41) is 25.7. The number of nitrogens with zero attached hydrogens (tertiary/aromatic N) is 3. The predicted molar refractivity (Wildman–Crippen MR) is 247 cm³/mol. The SMILES string of the molecule is CC(C)C[C@@H]1NC(=O)[C@@H]2CCCN2C(=O)[C@H](Cc2ccccc2)NC(=O)[C@@H]2CCCN2C(=O)[C@H](c2c[nH]c3ccccc23)NC(=O)[C@@H]2CCCN2C(=O)[C@H](C(C)C)NC(=O)[C@H](C(C)O)NC1=O. The van der Waals surface area contributed by atoms with Crippen molar-refractivity contribution in [1.82, 2.24) is 46.3 Å². The molecule has 2 aromatic carbocycles. The van der Waals surface area contributed by atoms with Gasteiger partial charge in [0.15, 0.2) is 0 Å². The quantitative estimate of drug-likeness (QED) is 0.182. The van der Waals surface area contributed by atoms with Crippen molar-refractivity contribution in [3.05, 3.63) is 71.9 Å². The molecule has 0 saturated carbocycles. The molecule has 18 heteroatoms. The number of benzene rings is 2. The lowest BCUT2D eigenvalue weighted by molar-refractivity contribution is -0.146. The van der Waals surface area contributed by atoms with Crippen LogP contribution in [0.2, 0.25) is 0 Å². The van der Waals surface area contributed by atoms with Gasteiger partial charge in [0, 0.05) is 48.7 Å². The lowest BCUT2D eigenvalue weighted by Gasteiger charge is -2.34. The Balaban J connectivity index is 1.28. The molecule has 4 fully saturated rings. The number of aliphatic hydroxyl groups is 1. The number of aliphatic hydroxyl groups excluding tert-OH is 1. The van der Waals surface area contributed by atoms with E-state index in [4.69, 9.17) is 0 Å². The van der Waals surface area contributed by atoms with Gasteiger partial charge in [-0.15, -0.1) is 0 Å². The number of H-pyrrole nitrogens is 1. The third-order valence-electron chi connectivity index (χ3n) is 13.5. The van der Waals surface area contributed by atoms with E-state index in [0.717, 1.165) is 5.56 Å². The highest BCUT2D eigenvalue weighted by molar-refractivity contribution is 6.01. The van der Waals surface area contributed by atoms with Gasteiger partial charge >= 0.3 is 0 Å². The number of hydrogen-bond donors (Lipinski definition) is 7. The van der Waals surface area contributed by atoms with Gasteiger partial charge in [-0.3, -0.25) is 38.4 Å². The number of aromatic nitrogens is 1. The molecule has 7 N–H and O–H groups in total. The van der Waals surface area contributed by atoms with E-state index >= 15 is 4.79 Å². The summed E-state index contributed by atoms with van der Waals surface area (Å²) >= 11 is 0. The van der Waals surface area contributed by atoms with Crippen LogP contribution in [0.15, 0.2) is 60.8 Å². The van der Waals surface area contributed by atoms with Gasteiger partial charge in [-0.25, -0.2) is 0 Å². The molecule has 4 aliphatic rings. The van der Waals surface area contributed by atoms with E-state index in [1.54, 1.807) is 20.0 Å². The van der Waals surface area contributed by atoms with E-state index in [9.17, 15) is 38.7 Å². The number of fused-ring (bicyclic) bond motifs is 4. The maximum atomic E-state index is 15.0. The van der Waals surface area contributed by atoms with E-state index < -0.39 is 108 Å². The standard InChI is InChI=1S/C49H65N9O9/c1-27(2)24-34-42(60)54-40(29(5)59)46(64)53-39(28(3)4)48(66)57-22-13-20-38(57)45(63)55-41(32-26-50-33-17-10-9-16-31(32)33)49(67)58-23-12-19-37(58)44(62)52-35(25-30-14-7-6-8-15-30)47(65)56-21-11-18-36(56)43(61)51-34/h6-10,14-17,26-29,34-41,50,59H,11-13,18-25H2,1-5H3,(H,51,61)(H,52,62)(H,53,64)(H,54,60)(H,55,63)/t29?,34-,35-,36-,37-,38-,39-,40-,41-/m0/s1. The van der Waals surface area contributed by atoms with Gasteiger partial charge in [-0.05, 0) is 75.3 Å². The fourth-order valence-electron chi connectivity index (χ4n) is 10.0. The summed E-state index contributed by atoms with van der Waals surface area (Å²) in [5.74, 6) is -5.55. The molecule has 3 aromatic rings. The molecule has 18 nitrogen and oxygen atoms in total. The fourth-order valence-corrected chi connectivity index (χ4v) is 10.0. The molecule has 4 saturated heterocycles. The normalized spacial score (nSPS) is 28.1. The fraction of sp³-hybridized carbons (Fsp3) is 0.551. The van der Waals surface area contributed by atoms with E-state index in [1.165, 1.54) is 21.6 Å². The van der Waals surface area contributed by atoms with E-state index in [-0.39, 0.29) is 57.7 Å². The molecular formula is C49H65N9O9. The number of nitrogens with one attached hydrogen (secondary N) is 6. The van der Waals surface area contributed by atoms with E-state index in [0.29, 0.717) is 35.7 Å². The van der Waals surface area contributed by atoms with Crippen molar-refractivity contribution >= 4 is 58.2 Å². The van der Waals surface area contributed by atoms with Gasteiger partial charge in [0.2, 0.25) is 41.4 Å². The van der Waals surface area contributed by atoms with Gasteiger partial charge in [0.05, 0.1) is 6.10 Å². The largest absolute Gasteiger partial charge is 0.391 e. The average molecular weight is 924 g/mol. The van der Waals surface area contributed by atoms with Crippen molar-refractivity contribution in [1.29, 1.82) is 0 Å². The van der Waals surface area contributed by atoms with Crippen LogP contribution in [-0.2, 0) is 44.8 Å². The molecule has 9 atom stereocenters. The average Bonchev–Trinajstić information content (AvgIpc) is 4.15. The van der Waals surface area contributed by atoms with Crippen LogP contribution >= 0.6 is 0 Å². The van der Waals surface area contributed by atoms with Crippen LogP contribution in [0.4, 0.5) is 0 Å². The number of carbonyl (C=O) groups is 8. The monoisotopic (exact) mass is 923 g/mol. The van der Waals surface area contributed by atoms with Crippen molar-refractivity contribution < 1.29 is 43.5 Å². The van der Waals surface area contributed by atoms with Crippen LogP contribution in [0.1, 0.15) is 96.7 Å². The minimum Gasteiger partial charge on any atom is -0.391 e. The zero-order valence-electron chi connectivity index (χ0n) is 39.0. The first kappa shape index (κ1) is 48.6. The Morgan fingerprint density at radius 2 is 1.09 bits per heavy atom. The Morgan fingerprint density at radius 3 is 1.67 bits per heavy atom. The molecule has 7 rings (SSSR count). The van der Waals surface area contributed by atoms with Crippen molar-refractivity contribution in [2.45, 2.75) is 140 Å². The maximum absolute atomic E-state index is 15.0. The first-order chi connectivity index (χ1) is 32.0. The molecule has 8 amide bonds. The van der Waals surface area contributed by atoms with Crippen molar-refractivity contribution in [3.8, 4) is 0 Å². The molecule has 5 heterocycles. The molecule has 1 aromatic heterocycles. The number of carbonyl (C=O) groups excluding carboxylic acids is 8. The van der Waals surface area contributed by atoms with Crippen LogP contribution in [0.5, 0.6) is 0 Å². The molecule has 1 unspecified atom stereocenters. The van der Waals surface area contributed by atoms with Crippen LogP contribution < -0.4 is 26.6 Å². The smallest absolute Gasteiger partial charge is 0.250 e. The van der Waals surface area contributed by atoms with Gasteiger partial charge in [0.1, 0.15) is 48.3 Å². The summed E-state index contributed by atoms with van der Waals surface area (Å²) in [5.41, 5.74) is 1.92. The summed E-state index contributed by atoms with van der Waals surface area (Å²) in [6.07, 6.45) is 2.70. The lowest BCUT2D eigenvalue weighted by Crippen LogP contribution is -2.62. The van der Waals surface area contributed by atoms with Gasteiger partial charge in [-0.1, -0.05) is 76.2 Å². The van der Waals surface area contributed by atoms with Crippen LogP contribution in [0, 0.1) is 11.8 Å². The number of para-hydroxylation sites is 1. The highest BCUT2D eigenvalue weighted by Crippen LogP contribution is 2.31. The van der Waals surface area contributed by atoms with E-state index in [1.807, 2.05) is 68.4 Å². The Labute approximate surface area is 390 Å². The second-order valence-corrected chi connectivity index (χ2v) is 19.2. The van der Waals surface area contributed by atoms with Gasteiger partial charge in [0.25, 0.3) is 5.91 Å². The topological polar surface area (TPSA) is 242 Å². The molecule has 360 valence electrons. The summed E-state index contributed by atoms with van der Waals surface area (Å²) in [4.78, 5) is 123. The molecule has 0 radical (unpaired) electrons. The first-order valence-corrected chi connectivity index (χ1v) is 23.7. The van der Waals surface area contributed by atoms with Crippen LogP contribution in [-0.4, -0.2) is 140 Å². The third kappa shape index (κ3) is 10.8. The van der Waals surface area contributed by atoms with Crippen molar-refractivity contribution in [2.75, 3.05) is 19.6 Å². The van der Waals surface area contributed by atoms with Gasteiger partial charge < -0.3 is 51.4 Å². The summed E-state index contributed by atoms with van der Waals surface area (Å²) in [7, 11) is 0. The molecule has 67 heavy (non-hydrogen) atoms. The van der Waals surface area contributed by atoms with Crippen LogP contribution in [0.3, 0.4) is 0 Å². The summed E-state index contributed by atoms with van der Waals surface area (Å²) in [6, 6.07) is 7.08. The molecule has 0 spiro atoms. The maximum Gasteiger partial charge on any atom is 0.250 e. The van der Waals surface area contributed by atoms with E-state index in [2.05, 4.69) is 31.6 Å². The Morgan fingerprint density at radius 1 is 0.567 bits per heavy atom. The third-order valence-corrected chi connectivity index (χ3v) is 13.5. The molecule has 0 bridgehead atoms. The first-order valence-electron chi connectivity index (χ1n) is 23.7. The number of hydrogen-bond acceptors (Lipinski definition) is 9. The Bertz CT molecular complexity index is 2330. The number of aromatic amines is 1. The molecular weight excluding hydrogens is 859 g/mol. The van der Waals surface area contributed by atoms with Crippen LogP contribution in [0.25, 0.3) is 10.9 Å². The highest BCUT2D eigenvalue weighted by atomic mass is 16.3. The number of amides is 8. The zero-order chi connectivity index (χ0) is 48.1. The Hall–Kier alpha value is -6.30. The second kappa shape index (κ2) is 21.1. The predicted octanol–water partition coefficient (Wildman–Crippen LogP) is 1.58. The number of rotatable bonds is 7. The zero-order valence-corrected chi connectivity index (χ0v) is 39.0. The minimum absolute atomic E-state index is 0.0837. The van der Waals surface area contributed by atoms with Crippen molar-refractivity contribution in [2.24, 2.45) is 11.8 Å². The molecule has 0 aliphatic carbocycles. The van der Waals surface area contributed by atoms with Gasteiger partial charge in [-0.2, -0.15) is 0 Å². The summed E-state index contributed by atoms with van der Waals surface area (Å²) in [6.45, 7) is 9.08. The van der Waals surface area contributed by atoms with Crippen molar-refractivity contribution in [3.63, 3.8) is 0 Å². The Kier molecular flexibility index (Phi) is 15.3. The summed E-state index contributed by atoms with van der Waals surface area (Å²) < 4.78 is 0. The minimum atomic E-state index is -1.54. The highest BCUT2D eigenvalue weighted by Gasteiger charge is 2.45. The lowest BCUT2D eigenvalue weighted by atomic mass is 9.99. The molecule has 4 aliphatic heterocycles. The second-order valence-electron chi connectivity index (χ2n) is 19.2.